The lowest BCUT2D eigenvalue weighted by atomic mass is 10.0. The first-order valence-electron chi connectivity index (χ1n) is 13.9. The summed E-state index contributed by atoms with van der Waals surface area (Å²) in [6.07, 6.45) is 2.73. The van der Waals surface area contributed by atoms with Crippen LogP contribution in [0.3, 0.4) is 0 Å². The number of hydrogen-bond donors (Lipinski definition) is 0. The molecule has 0 saturated carbocycles. The molecule has 0 N–H and O–H groups in total. The van der Waals surface area contributed by atoms with Gasteiger partial charge in [0.05, 0.1) is 22.5 Å². The second kappa shape index (κ2) is 11.4. The first-order valence-corrected chi connectivity index (χ1v) is 13.9. The zero-order valence-corrected chi connectivity index (χ0v) is 24.3. The third-order valence-electron chi connectivity index (χ3n) is 7.51. The normalized spacial score (nSPS) is 15.6. The van der Waals surface area contributed by atoms with Crippen molar-refractivity contribution in [2.24, 2.45) is 0 Å². The van der Waals surface area contributed by atoms with Gasteiger partial charge in [0, 0.05) is 31.2 Å². The lowest BCUT2D eigenvalue weighted by Crippen LogP contribution is -2.54. The summed E-state index contributed by atoms with van der Waals surface area (Å²) in [5, 5.41) is 0.274. The maximum atomic E-state index is 15.8. The quantitative estimate of drug-likeness (QED) is 0.300. The van der Waals surface area contributed by atoms with Crippen molar-refractivity contribution in [1.82, 2.24) is 29.4 Å². The largest absolute Gasteiger partial charge is 0.355 e. The number of anilines is 1. The summed E-state index contributed by atoms with van der Waals surface area (Å²) in [5.41, 5.74) is 0.854. The molecule has 4 heterocycles. The van der Waals surface area contributed by atoms with Gasteiger partial charge in [-0.25, -0.2) is 33.1 Å². The summed E-state index contributed by atoms with van der Waals surface area (Å²) in [6, 6.07) is 6.79. The number of carbonyl (C=O) groups excluding carboxylic acids is 1. The first-order chi connectivity index (χ1) is 20.0. The Bertz CT molecular complexity index is 1730. The van der Waals surface area contributed by atoms with E-state index >= 15 is 4.39 Å². The average molecular weight is 574 g/mol. The van der Waals surface area contributed by atoms with Gasteiger partial charge in [0.15, 0.2) is 5.65 Å². The Labute approximate surface area is 242 Å². The summed E-state index contributed by atoms with van der Waals surface area (Å²) < 4.78 is 32.1. The van der Waals surface area contributed by atoms with Crippen LogP contribution in [0.1, 0.15) is 57.8 Å². The minimum absolute atomic E-state index is 0.0309. The molecule has 1 aromatic carbocycles. The van der Waals surface area contributed by atoms with Crippen molar-refractivity contribution in [1.29, 1.82) is 0 Å². The van der Waals surface area contributed by atoms with Crippen LogP contribution in [0.4, 0.5) is 14.6 Å². The van der Waals surface area contributed by atoms with E-state index in [-0.39, 0.29) is 51.9 Å². The van der Waals surface area contributed by atoms with E-state index in [1.807, 2.05) is 39.5 Å². The van der Waals surface area contributed by atoms with Crippen molar-refractivity contribution >= 4 is 22.8 Å². The van der Waals surface area contributed by atoms with Crippen LogP contribution in [0.2, 0.25) is 0 Å². The molecule has 3 aromatic heterocycles. The van der Waals surface area contributed by atoms with Gasteiger partial charge in [-0.15, -0.1) is 0 Å². The van der Waals surface area contributed by atoms with Gasteiger partial charge in [-0.2, -0.15) is 4.98 Å². The number of carbonyl (C=O) groups is 1. The second-order valence-corrected chi connectivity index (χ2v) is 11.1. The van der Waals surface area contributed by atoms with E-state index in [9.17, 15) is 14.0 Å². The van der Waals surface area contributed by atoms with Crippen LogP contribution in [0.5, 0.6) is 0 Å². The van der Waals surface area contributed by atoms with Crippen molar-refractivity contribution in [3.8, 4) is 16.9 Å². The van der Waals surface area contributed by atoms with E-state index in [0.717, 1.165) is 0 Å². The third kappa shape index (κ3) is 5.03. The molecule has 1 aliphatic heterocycles. The summed E-state index contributed by atoms with van der Waals surface area (Å²) >= 11 is 0. The molecule has 9 nitrogen and oxygen atoms in total. The molecule has 42 heavy (non-hydrogen) atoms. The van der Waals surface area contributed by atoms with E-state index in [0.29, 0.717) is 36.7 Å². The number of nitrogens with zero attached hydrogens (tertiary/aromatic N) is 7. The van der Waals surface area contributed by atoms with Crippen LogP contribution < -0.4 is 10.6 Å². The van der Waals surface area contributed by atoms with Crippen LogP contribution in [0, 0.1) is 11.6 Å². The number of fused-ring (bicyclic) bond motifs is 1. The molecular weight excluding hydrogens is 540 g/mol. The SMILES string of the molecule is C=CC(=O)N1CCN(c2nc(=O)n(-c3c(C(C)C)ncnc3C(C)C)c3nc(-c4ccccc4F)c(F)cc23)C(C)C1. The fraction of sp³-hybridized carbons (Fsp3) is 0.355. The standard InChI is InChI=1S/C31H33F2N7O2/c1-7-24(41)38-12-13-39(19(6)15-38)29-21-14-23(33)27(20-10-8-9-11-22(20)32)36-30(21)40(31(42)37-29)28-25(17(2)3)34-16-35-26(28)18(4)5/h7-11,14,16-19H,1,12-13,15H2,2-6H3. The van der Waals surface area contributed by atoms with Crippen LogP contribution >= 0.6 is 0 Å². The zero-order valence-electron chi connectivity index (χ0n) is 24.3. The molecule has 1 aliphatic rings. The highest BCUT2D eigenvalue weighted by Crippen LogP contribution is 2.34. The van der Waals surface area contributed by atoms with Gasteiger partial charge >= 0.3 is 5.69 Å². The molecule has 0 aliphatic carbocycles. The van der Waals surface area contributed by atoms with E-state index in [1.165, 1.54) is 41.2 Å². The molecule has 0 bridgehead atoms. The summed E-state index contributed by atoms with van der Waals surface area (Å²) in [7, 11) is 0. The molecule has 1 atom stereocenters. The molecule has 11 heteroatoms. The molecule has 218 valence electrons. The highest BCUT2D eigenvalue weighted by atomic mass is 19.1. The van der Waals surface area contributed by atoms with E-state index < -0.39 is 17.3 Å². The molecule has 1 saturated heterocycles. The third-order valence-corrected chi connectivity index (χ3v) is 7.51. The number of piperazine rings is 1. The van der Waals surface area contributed by atoms with Crippen LogP contribution in [-0.4, -0.2) is 61.0 Å². The molecule has 1 fully saturated rings. The van der Waals surface area contributed by atoms with Gasteiger partial charge in [-0.1, -0.05) is 46.4 Å². The topological polar surface area (TPSA) is 97.1 Å². The molecule has 0 radical (unpaired) electrons. The summed E-state index contributed by atoms with van der Waals surface area (Å²) in [6.45, 7) is 14.4. The molecule has 1 unspecified atom stereocenters. The number of amides is 1. The smallest absolute Gasteiger partial charge is 0.350 e. The Kier molecular flexibility index (Phi) is 7.85. The lowest BCUT2D eigenvalue weighted by Gasteiger charge is -2.40. The van der Waals surface area contributed by atoms with E-state index in [2.05, 4.69) is 26.5 Å². The summed E-state index contributed by atoms with van der Waals surface area (Å²) in [5.74, 6) is -1.54. The predicted octanol–water partition coefficient (Wildman–Crippen LogP) is 4.99. The molecule has 4 aromatic rings. The number of halogens is 2. The van der Waals surface area contributed by atoms with Crippen molar-refractivity contribution in [2.75, 3.05) is 24.5 Å². The predicted molar refractivity (Wildman–Crippen MR) is 158 cm³/mol. The van der Waals surface area contributed by atoms with Gasteiger partial charge in [0.2, 0.25) is 5.91 Å². The van der Waals surface area contributed by atoms with Crippen molar-refractivity contribution < 1.29 is 13.6 Å². The van der Waals surface area contributed by atoms with Gasteiger partial charge in [-0.05, 0) is 43.0 Å². The van der Waals surface area contributed by atoms with Crippen molar-refractivity contribution in [3.05, 3.63) is 82.8 Å². The lowest BCUT2D eigenvalue weighted by molar-refractivity contribution is -0.126. The molecule has 1 amide bonds. The maximum Gasteiger partial charge on any atom is 0.355 e. The second-order valence-electron chi connectivity index (χ2n) is 11.1. The molecular formula is C31H33F2N7O2. The average Bonchev–Trinajstić information content (AvgIpc) is 2.96. The van der Waals surface area contributed by atoms with Gasteiger partial charge < -0.3 is 9.80 Å². The zero-order chi connectivity index (χ0) is 30.3. The number of rotatable bonds is 6. The van der Waals surface area contributed by atoms with Crippen molar-refractivity contribution in [3.63, 3.8) is 0 Å². The van der Waals surface area contributed by atoms with Gasteiger partial charge in [0.25, 0.3) is 0 Å². The number of benzene rings is 1. The minimum Gasteiger partial charge on any atom is -0.350 e. The minimum atomic E-state index is -0.758. The Hall–Kier alpha value is -4.54. The number of pyridine rings is 1. The first kappa shape index (κ1) is 29.0. The van der Waals surface area contributed by atoms with Crippen molar-refractivity contribution in [2.45, 2.75) is 52.5 Å². The molecule has 5 rings (SSSR count). The number of hydrogen-bond acceptors (Lipinski definition) is 7. The maximum absolute atomic E-state index is 15.8. The molecule has 0 spiro atoms. The number of aromatic nitrogens is 5. The Morgan fingerprint density at radius 2 is 1.69 bits per heavy atom. The summed E-state index contributed by atoms with van der Waals surface area (Å²) in [4.78, 5) is 48.0. The Morgan fingerprint density at radius 1 is 1.02 bits per heavy atom. The van der Waals surface area contributed by atoms with Gasteiger partial charge in [-0.3, -0.25) is 4.79 Å². The van der Waals surface area contributed by atoms with Gasteiger partial charge in [0.1, 0.15) is 29.5 Å². The highest BCUT2D eigenvalue weighted by molar-refractivity contribution is 5.91. The Balaban J connectivity index is 1.84. The van der Waals surface area contributed by atoms with Crippen LogP contribution in [0.15, 0.2) is 54.1 Å². The monoisotopic (exact) mass is 573 g/mol. The van der Waals surface area contributed by atoms with E-state index in [1.54, 1.807) is 11.0 Å². The van der Waals surface area contributed by atoms with Crippen LogP contribution in [0.25, 0.3) is 28.0 Å². The highest BCUT2D eigenvalue weighted by Gasteiger charge is 2.31. The van der Waals surface area contributed by atoms with Crippen LogP contribution in [-0.2, 0) is 4.79 Å². The fourth-order valence-electron chi connectivity index (χ4n) is 5.45. The fourth-order valence-corrected chi connectivity index (χ4v) is 5.45. The Morgan fingerprint density at radius 3 is 2.29 bits per heavy atom. The van der Waals surface area contributed by atoms with E-state index in [4.69, 9.17) is 0 Å².